The molecule has 2 amide bonds. The zero-order chi connectivity index (χ0) is 24.1. The molecule has 0 radical (unpaired) electrons. The van der Waals surface area contributed by atoms with Gasteiger partial charge < -0.3 is 15.1 Å². The molecule has 0 aromatic heterocycles. The molecular formula is C25H22Cl2N4O2S. The minimum absolute atomic E-state index is 0.0169. The SMILES string of the molecule is O=C(NC(=S)Nc1ccc(N2CCN(C(=O)c3ccc(Cl)cc3)CC2)cc1)c1ccccc1Cl. The molecular weight excluding hydrogens is 491 g/mol. The third kappa shape index (κ3) is 5.86. The zero-order valence-corrected chi connectivity index (χ0v) is 20.5. The first-order chi connectivity index (χ1) is 16.4. The van der Waals surface area contributed by atoms with Crippen LogP contribution in [0, 0.1) is 0 Å². The van der Waals surface area contributed by atoms with Crippen molar-refractivity contribution in [3.05, 3.63) is 94.0 Å². The van der Waals surface area contributed by atoms with E-state index >= 15 is 0 Å². The van der Waals surface area contributed by atoms with E-state index in [9.17, 15) is 9.59 Å². The average Bonchev–Trinajstić information content (AvgIpc) is 2.85. The third-order valence-corrected chi connectivity index (χ3v) is 6.28. The van der Waals surface area contributed by atoms with E-state index in [1.807, 2.05) is 29.2 Å². The number of nitrogens with one attached hydrogen (secondary N) is 2. The van der Waals surface area contributed by atoms with Gasteiger partial charge in [-0.2, -0.15) is 0 Å². The van der Waals surface area contributed by atoms with E-state index in [0.717, 1.165) is 24.5 Å². The first kappa shape index (κ1) is 24.0. The minimum Gasteiger partial charge on any atom is -0.368 e. The van der Waals surface area contributed by atoms with Gasteiger partial charge in [-0.3, -0.25) is 14.9 Å². The summed E-state index contributed by atoms with van der Waals surface area (Å²) in [4.78, 5) is 29.1. The molecule has 174 valence electrons. The molecule has 3 aromatic carbocycles. The molecule has 1 fully saturated rings. The fourth-order valence-electron chi connectivity index (χ4n) is 3.68. The number of hydrogen-bond donors (Lipinski definition) is 2. The standard InChI is InChI=1S/C25H22Cl2N4O2S/c26-18-7-5-17(6-8-18)24(33)31-15-13-30(14-16-31)20-11-9-19(10-12-20)28-25(34)29-23(32)21-3-1-2-4-22(21)27/h1-12H,13-16H2,(H2,28,29,32,34). The lowest BCUT2D eigenvalue weighted by molar-refractivity contribution is 0.0746. The van der Waals surface area contributed by atoms with Gasteiger partial charge in [-0.1, -0.05) is 35.3 Å². The number of carbonyl (C=O) groups is 2. The fourth-order valence-corrected chi connectivity index (χ4v) is 4.23. The molecule has 0 saturated carbocycles. The Morgan fingerprint density at radius 3 is 2.12 bits per heavy atom. The molecule has 34 heavy (non-hydrogen) atoms. The van der Waals surface area contributed by atoms with Crippen LogP contribution >= 0.6 is 35.4 Å². The molecule has 3 aromatic rings. The van der Waals surface area contributed by atoms with E-state index in [1.54, 1.807) is 48.5 Å². The van der Waals surface area contributed by atoms with Gasteiger partial charge in [0.25, 0.3) is 11.8 Å². The van der Waals surface area contributed by atoms with E-state index in [-0.39, 0.29) is 16.9 Å². The van der Waals surface area contributed by atoms with Crippen molar-refractivity contribution in [1.29, 1.82) is 0 Å². The molecule has 0 spiro atoms. The molecule has 1 aliphatic rings. The first-order valence-corrected chi connectivity index (χ1v) is 11.8. The lowest BCUT2D eigenvalue weighted by Gasteiger charge is -2.36. The maximum Gasteiger partial charge on any atom is 0.258 e. The van der Waals surface area contributed by atoms with Crippen molar-refractivity contribution >= 4 is 63.7 Å². The number of thiocarbonyl (C=S) groups is 1. The number of anilines is 2. The van der Waals surface area contributed by atoms with Crippen LogP contribution in [0.5, 0.6) is 0 Å². The van der Waals surface area contributed by atoms with Crippen LogP contribution in [-0.2, 0) is 0 Å². The fraction of sp³-hybridized carbons (Fsp3) is 0.160. The molecule has 0 unspecified atom stereocenters. The second-order valence-electron chi connectivity index (χ2n) is 7.72. The van der Waals surface area contributed by atoms with E-state index in [2.05, 4.69) is 15.5 Å². The van der Waals surface area contributed by atoms with Gasteiger partial charge in [-0.05, 0) is 72.9 Å². The van der Waals surface area contributed by atoms with Gasteiger partial charge in [0.05, 0.1) is 10.6 Å². The van der Waals surface area contributed by atoms with Crippen molar-refractivity contribution < 1.29 is 9.59 Å². The summed E-state index contributed by atoms with van der Waals surface area (Å²) < 4.78 is 0. The maximum atomic E-state index is 12.7. The van der Waals surface area contributed by atoms with Gasteiger partial charge in [0.15, 0.2) is 5.11 Å². The van der Waals surface area contributed by atoms with Crippen LogP contribution in [0.3, 0.4) is 0 Å². The van der Waals surface area contributed by atoms with Crippen LogP contribution in [0.4, 0.5) is 11.4 Å². The van der Waals surface area contributed by atoms with Crippen molar-refractivity contribution in [2.24, 2.45) is 0 Å². The molecule has 0 atom stereocenters. The van der Waals surface area contributed by atoms with Crippen molar-refractivity contribution in [2.45, 2.75) is 0 Å². The molecule has 0 aliphatic carbocycles. The normalized spacial score (nSPS) is 13.4. The van der Waals surface area contributed by atoms with Gasteiger partial charge in [0.2, 0.25) is 0 Å². The topological polar surface area (TPSA) is 64.7 Å². The zero-order valence-electron chi connectivity index (χ0n) is 18.1. The Balaban J connectivity index is 1.29. The Hall–Kier alpha value is -3.13. The van der Waals surface area contributed by atoms with E-state index in [1.165, 1.54) is 0 Å². The Kier molecular flexibility index (Phi) is 7.67. The highest BCUT2D eigenvalue weighted by atomic mass is 35.5. The van der Waals surface area contributed by atoms with Crippen molar-refractivity contribution in [2.75, 3.05) is 36.4 Å². The van der Waals surface area contributed by atoms with Gasteiger partial charge in [-0.25, -0.2) is 0 Å². The molecule has 2 N–H and O–H groups in total. The quantitative estimate of drug-likeness (QED) is 0.477. The van der Waals surface area contributed by atoms with Crippen LogP contribution in [0.2, 0.25) is 10.0 Å². The molecule has 9 heteroatoms. The van der Waals surface area contributed by atoms with Crippen LogP contribution in [-0.4, -0.2) is 48.0 Å². The Labute approximate surface area is 213 Å². The van der Waals surface area contributed by atoms with Crippen LogP contribution in [0.15, 0.2) is 72.8 Å². The number of rotatable bonds is 4. The molecule has 4 rings (SSSR count). The monoisotopic (exact) mass is 512 g/mol. The van der Waals surface area contributed by atoms with Gasteiger partial charge in [0, 0.05) is 48.1 Å². The molecule has 1 aliphatic heterocycles. The highest BCUT2D eigenvalue weighted by molar-refractivity contribution is 7.80. The van der Waals surface area contributed by atoms with Gasteiger partial charge >= 0.3 is 0 Å². The summed E-state index contributed by atoms with van der Waals surface area (Å²) in [6.45, 7) is 2.75. The number of carbonyl (C=O) groups excluding carboxylic acids is 2. The average molecular weight is 513 g/mol. The van der Waals surface area contributed by atoms with E-state index in [0.29, 0.717) is 34.3 Å². The van der Waals surface area contributed by atoms with Crippen molar-refractivity contribution in [3.8, 4) is 0 Å². The molecule has 1 saturated heterocycles. The number of benzene rings is 3. The number of nitrogens with zero attached hydrogens (tertiary/aromatic N) is 2. The van der Waals surface area contributed by atoms with Crippen molar-refractivity contribution in [1.82, 2.24) is 10.2 Å². The second kappa shape index (κ2) is 10.9. The lowest BCUT2D eigenvalue weighted by Crippen LogP contribution is -2.48. The number of piperazine rings is 1. The summed E-state index contributed by atoms with van der Waals surface area (Å²) in [5, 5.41) is 6.81. The van der Waals surface area contributed by atoms with Crippen molar-refractivity contribution in [3.63, 3.8) is 0 Å². The maximum absolute atomic E-state index is 12.7. The van der Waals surface area contributed by atoms with Crippen LogP contribution < -0.4 is 15.5 Å². The smallest absolute Gasteiger partial charge is 0.258 e. The van der Waals surface area contributed by atoms with Crippen LogP contribution in [0.25, 0.3) is 0 Å². The summed E-state index contributed by atoms with van der Waals surface area (Å²) in [5.74, 6) is -0.353. The molecule has 1 heterocycles. The van der Waals surface area contributed by atoms with Gasteiger partial charge in [0.1, 0.15) is 0 Å². The Morgan fingerprint density at radius 2 is 1.47 bits per heavy atom. The Morgan fingerprint density at radius 1 is 0.824 bits per heavy atom. The van der Waals surface area contributed by atoms with Crippen LogP contribution in [0.1, 0.15) is 20.7 Å². The number of hydrogen-bond acceptors (Lipinski definition) is 4. The van der Waals surface area contributed by atoms with E-state index < -0.39 is 0 Å². The number of amides is 2. The Bertz CT molecular complexity index is 1190. The minimum atomic E-state index is -0.370. The summed E-state index contributed by atoms with van der Waals surface area (Å²) in [6, 6.07) is 21.5. The van der Waals surface area contributed by atoms with E-state index in [4.69, 9.17) is 35.4 Å². The summed E-state index contributed by atoms with van der Waals surface area (Å²) in [6.07, 6.45) is 0. The lowest BCUT2D eigenvalue weighted by atomic mass is 10.1. The van der Waals surface area contributed by atoms with Gasteiger partial charge in [-0.15, -0.1) is 0 Å². The predicted molar refractivity (Wildman–Crippen MR) is 141 cm³/mol. The molecule has 0 bridgehead atoms. The molecule has 6 nitrogen and oxygen atoms in total. The summed E-state index contributed by atoms with van der Waals surface area (Å²) in [7, 11) is 0. The number of halogens is 2. The summed E-state index contributed by atoms with van der Waals surface area (Å²) in [5.41, 5.74) is 2.81. The highest BCUT2D eigenvalue weighted by Gasteiger charge is 2.22. The highest BCUT2D eigenvalue weighted by Crippen LogP contribution is 2.21. The third-order valence-electron chi connectivity index (χ3n) is 5.49. The predicted octanol–water partition coefficient (Wildman–Crippen LogP) is 5.08. The second-order valence-corrected chi connectivity index (χ2v) is 8.97. The summed E-state index contributed by atoms with van der Waals surface area (Å²) >= 11 is 17.2. The first-order valence-electron chi connectivity index (χ1n) is 10.7. The largest absolute Gasteiger partial charge is 0.368 e.